The van der Waals surface area contributed by atoms with E-state index in [1.54, 1.807) is 0 Å². The van der Waals surface area contributed by atoms with E-state index >= 15 is 0 Å². The molecule has 2 aromatic heterocycles. The van der Waals surface area contributed by atoms with Crippen LogP contribution in [-0.4, -0.2) is 33.7 Å². The van der Waals surface area contributed by atoms with Gasteiger partial charge >= 0.3 is 0 Å². The molecule has 29 heavy (non-hydrogen) atoms. The van der Waals surface area contributed by atoms with Crippen LogP contribution in [-0.2, 0) is 6.54 Å². The zero-order chi connectivity index (χ0) is 20.0. The Morgan fingerprint density at radius 3 is 2.79 bits per heavy atom. The number of benzene rings is 2. The van der Waals surface area contributed by atoms with Crippen molar-refractivity contribution in [1.82, 2.24) is 20.1 Å². The van der Waals surface area contributed by atoms with Gasteiger partial charge in [0.1, 0.15) is 5.82 Å². The first kappa shape index (κ1) is 18.0. The van der Waals surface area contributed by atoms with Crippen LogP contribution in [0.4, 0.5) is 4.39 Å². The molecule has 1 atom stereocenters. The van der Waals surface area contributed by atoms with Gasteiger partial charge < -0.3 is 9.88 Å². The van der Waals surface area contributed by atoms with E-state index in [9.17, 15) is 4.39 Å². The SMILES string of the molecule is Cc1ccc(-c2ccc3c(c2)CN(C)CCC3c2ccc3[nH]cc(F)c3c2)nn1. The summed E-state index contributed by atoms with van der Waals surface area (Å²) in [5.74, 6) is 0.0490. The zero-order valence-electron chi connectivity index (χ0n) is 16.6. The summed E-state index contributed by atoms with van der Waals surface area (Å²) < 4.78 is 14.1. The molecule has 1 aliphatic rings. The number of aryl methyl sites for hydroxylation is 1. The summed E-state index contributed by atoms with van der Waals surface area (Å²) in [5.41, 5.74) is 7.49. The van der Waals surface area contributed by atoms with E-state index in [-0.39, 0.29) is 11.7 Å². The van der Waals surface area contributed by atoms with Crippen molar-refractivity contribution in [2.75, 3.05) is 13.6 Å². The fourth-order valence-electron chi connectivity index (χ4n) is 4.34. The van der Waals surface area contributed by atoms with E-state index in [4.69, 9.17) is 0 Å². The highest BCUT2D eigenvalue weighted by molar-refractivity contribution is 5.81. The van der Waals surface area contributed by atoms with Crippen LogP contribution in [0, 0.1) is 12.7 Å². The van der Waals surface area contributed by atoms with Crippen LogP contribution in [0.25, 0.3) is 22.2 Å². The molecule has 0 saturated carbocycles. The molecule has 0 saturated heterocycles. The van der Waals surface area contributed by atoms with Crippen LogP contribution in [0.1, 0.15) is 34.7 Å². The molecular weight excluding hydrogens is 363 g/mol. The molecule has 0 aliphatic carbocycles. The number of hydrogen-bond acceptors (Lipinski definition) is 3. The first-order valence-corrected chi connectivity index (χ1v) is 9.97. The molecule has 0 amide bonds. The van der Waals surface area contributed by atoms with E-state index in [0.29, 0.717) is 5.39 Å². The highest BCUT2D eigenvalue weighted by Crippen LogP contribution is 2.37. The Labute approximate surface area is 169 Å². The minimum atomic E-state index is -0.193. The van der Waals surface area contributed by atoms with Crippen molar-refractivity contribution >= 4 is 10.9 Å². The van der Waals surface area contributed by atoms with E-state index in [1.165, 1.54) is 17.3 Å². The predicted molar refractivity (Wildman–Crippen MR) is 113 cm³/mol. The Morgan fingerprint density at radius 2 is 1.97 bits per heavy atom. The number of hydrogen-bond donors (Lipinski definition) is 1. The van der Waals surface area contributed by atoms with Crippen molar-refractivity contribution in [3.05, 3.63) is 82.9 Å². The van der Waals surface area contributed by atoms with Crippen molar-refractivity contribution in [3.63, 3.8) is 0 Å². The smallest absolute Gasteiger partial charge is 0.148 e. The second-order valence-electron chi connectivity index (χ2n) is 7.99. The van der Waals surface area contributed by atoms with Crippen LogP contribution in [0.2, 0.25) is 0 Å². The monoisotopic (exact) mass is 386 g/mol. The Balaban J connectivity index is 1.59. The van der Waals surface area contributed by atoms with E-state index in [2.05, 4.69) is 51.4 Å². The Kier molecular flexibility index (Phi) is 4.40. The first-order valence-electron chi connectivity index (χ1n) is 9.97. The molecule has 1 aliphatic heterocycles. The van der Waals surface area contributed by atoms with Crippen molar-refractivity contribution in [2.24, 2.45) is 0 Å². The number of H-pyrrole nitrogens is 1. The second kappa shape index (κ2) is 7.08. The molecule has 5 heteroatoms. The highest BCUT2D eigenvalue weighted by atomic mass is 19.1. The van der Waals surface area contributed by atoms with Gasteiger partial charge in [-0.2, -0.15) is 10.2 Å². The lowest BCUT2D eigenvalue weighted by Crippen LogP contribution is -2.17. The highest BCUT2D eigenvalue weighted by Gasteiger charge is 2.23. The summed E-state index contributed by atoms with van der Waals surface area (Å²) in [7, 11) is 2.15. The molecule has 0 fully saturated rings. The number of halogens is 1. The summed E-state index contributed by atoms with van der Waals surface area (Å²) >= 11 is 0. The van der Waals surface area contributed by atoms with Crippen molar-refractivity contribution in [1.29, 1.82) is 0 Å². The minimum Gasteiger partial charge on any atom is -0.359 e. The maximum absolute atomic E-state index is 14.1. The summed E-state index contributed by atoms with van der Waals surface area (Å²) in [5, 5.41) is 9.20. The van der Waals surface area contributed by atoms with Crippen LogP contribution < -0.4 is 0 Å². The van der Waals surface area contributed by atoms with Gasteiger partial charge in [0.15, 0.2) is 0 Å². The lowest BCUT2D eigenvalue weighted by atomic mass is 9.85. The Hall–Kier alpha value is -3.05. The molecule has 5 rings (SSSR count). The average molecular weight is 386 g/mol. The molecule has 3 heterocycles. The first-order chi connectivity index (χ1) is 14.1. The van der Waals surface area contributed by atoms with Gasteiger partial charge in [0, 0.05) is 35.1 Å². The number of nitrogens with zero attached hydrogens (tertiary/aromatic N) is 3. The standard InChI is InChI=1S/C24H23FN4/c1-15-3-7-23(28-27-15)17-4-6-19-18(11-17)14-29(2)10-9-20(19)16-5-8-24-21(12-16)22(25)13-26-24/h3-8,11-13,20,26H,9-10,14H2,1-2H3. The number of fused-ring (bicyclic) bond motifs is 2. The van der Waals surface area contributed by atoms with Gasteiger partial charge in [-0.15, -0.1) is 0 Å². The molecule has 1 N–H and O–H groups in total. The minimum absolute atomic E-state index is 0.193. The summed E-state index contributed by atoms with van der Waals surface area (Å²) in [6, 6.07) is 16.7. The number of aromatic nitrogens is 3. The largest absolute Gasteiger partial charge is 0.359 e. The lowest BCUT2D eigenvalue weighted by molar-refractivity contribution is 0.328. The van der Waals surface area contributed by atoms with Gasteiger partial charge in [0.05, 0.1) is 11.4 Å². The molecule has 4 aromatic rings. The van der Waals surface area contributed by atoms with Crippen LogP contribution in [0.3, 0.4) is 0 Å². The number of rotatable bonds is 2. The molecular formula is C24H23FN4. The zero-order valence-corrected chi connectivity index (χ0v) is 16.6. The van der Waals surface area contributed by atoms with E-state index < -0.39 is 0 Å². The Morgan fingerprint density at radius 1 is 1.07 bits per heavy atom. The summed E-state index contributed by atoms with van der Waals surface area (Å²) in [6.07, 6.45) is 2.43. The average Bonchev–Trinajstić information content (AvgIpc) is 3.00. The van der Waals surface area contributed by atoms with Gasteiger partial charge in [-0.05, 0) is 74.0 Å². The summed E-state index contributed by atoms with van der Waals surface area (Å²) in [6.45, 7) is 3.82. The topological polar surface area (TPSA) is 44.8 Å². The molecule has 1 unspecified atom stereocenters. The molecule has 0 bridgehead atoms. The Bertz CT molecular complexity index is 1180. The molecule has 0 spiro atoms. The van der Waals surface area contributed by atoms with Crippen LogP contribution in [0.15, 0.2) is 54.7 Å². The molecule has 146 valence electrons. The van der Waals surface area contributed by atoms with Gasteiger partial charge in [-0.3, -0.25) is 0 Å². The molecule has 0 radical (unpaired) electrons. The van der Waals surface area contributed by atoms with Crippen molar-refractivity contribution in [2.45, 2.75) is 25.8 Å². The third kappa shape index (κ3) is 3.32. The normalized spacial score (nSPS) is 17.3. The van der Waals surface area contributed by atoms with Crippen LogP contribution >= 0.6 is 0 Å². The second-order valence-corrected chi connectivity index (χ2v) is 7.99. The lowest BCUT2D eigenvalue weighted by Gasteiger charge is -2.19. The van der Waals surface area contributed by atoms with E-state index in [1.807, 2.05) is 31.2 Å². The van der Waals surface area contributed by atoms with Gasteiger partial charge in [0.25, 0.3) is 0 Å². The third-order valence-corrected chi connectivity index (χ3v) is 5.91. The quantitative estimate of drug-likeness (QED) is 0.525. The maximum atomic E-state index is 14.1. The van der Waals surface area contributed by atoms with Crippen molar-refractivity contribution in [3.8, 4) is 11.3 Å². The predicted octanol–water partition coefficient (Wildman–Crippen LogP) is 5.04. The van der Waals surface area contributed by atoms with Gasteiger partial charge in [-0.1, -0.05) is 18.2 Å². The molecule has 2 aromatic carbocycles. The van der Waals surface area contributed by atoms with Crippen molar-refractivity contribution < 1.29 is 4.39 Å². The fourth-order valence-corrected chi connectivity index (χ4v) is 4.34. The van der Waals surface area contributed by atoms with E-state index in [0.717, 1.165) is 47.5 Å². The fraction of sp³-hybridized carbons (Fsp3) is 0.250. The maximum Gasteiger partial charge on any atom is 0.148 e. The van der Waals surface area contributed by atoms with Gasteiger partial charge in [-0.25, -0.2) is 4.39 Å². The summed E-state index contributed by atoms with van der Waals surface area (Å²) in [4.78, 5) is 5.34. The van der Waals surface area contributed by atoms with Crippen LogP contribution in [0.5, 0.6) is 0 Å². The molecule has 4 nitrogen and oxygen atoms in total. The number of nitrogens with one attached hydrogen (secondary N) is 1. The third-order valence-electron chi connectivity index (χ3n) is 5.91. The van der Waals surface area contributed by atoms with Gasteiger partial charge in [0.2, 0.25) is 0 Å². The number of aromatic amines is 1.